The fourth-order valence-electron chi connectivity index (χ4n) is 4.30. The maximum Gasteiger partial charge on any atom is 0.337 e. The Labute approximate surface area is 218 Å². The maximum absolute atomic E-state index is 13.6. The SMILES string of the molecule is CCC(=O)c1c(-c2ccc(F)cc2)oc2cc(N(CCF)S(C)(=O)=O)c(-c3cccc(C(=O)OC)c3)cc12. The number of ether oxygens (including phenoxy) is 1. The summed E-state index contributed by atoms with van der Waals surface area (Å²) in [6, 6.07) is 14.8. The molecule has 4 aromatic rings. The average Bonchev–Trinajstić information content (AvgIpc) is 3.28. The van der Waals surface area contributed by atoms with Gasteiger partial charge in [0.15, 0.2) is 5.78 Å². The van der Waals surface area contributed by atoms with E-state index in [1.807, 2.05) is 0 Å². The number of hydrogen-bond donors (Lipinski definition) is 0. The quantitative estimate of drug-likeness (QED) is 0.190. The van der Waals surface area contributed by atoms with Crippen LogP contribution in [-0.4, -0.2) is 46.8 Å². The molecule has 0 unspecified atom stereocenters. The highest BCUT2D eigenvalue weighted by Gasteiger charge is 2.27. The topological polar surface area (TPSA) is 93.9 Å². The minimum atomic E-state index is -3.94. The molecule has 0 aliphatic carbocycles. The van der Waals surface area contributed by atoms with Crippen molar-refractivity contribution in [1.82, 2.24) is 0 Å². The van der Waals surface area contributed by atoms with E-state index in [0.717, 1.165) is 10.6 Å². The van der Waals surface area contributed by atoms with Crippen molar-refractivity contribution in [2.24, 2.45) is 0 Å². The van der Waals surface area contributed by atoms with Gasteiger partial charge in [-0.25, -0.2) is 22.0 Å². The van der Waals surface area contributed by atoms with Gasteiger partial charge in [0.2, 0.25) is 10.0 Å². The van der Waals surface area contributed by atoms with E-state index in [2.05, 4.69) is 0 Å². The number of furan rings is 1. The van der Waals surface area contributed by atoms with Crippen LogP contribution in [0.2, 0.25) is 0 Å². The van der Waals surface area contributed by atoms with Crippen LogP contribution >= 0.6 is 0 Å². The number of Topliss-reactive ketones (excluding diaryl/α,β-unsaturated/α-hetero) is 1. The highest BCUT2D eigenvalue weighted by molar-refractivity contribution is 7.92. The highest BCUT2D eigenvalue weighted by atomic mass is 32.2. The summed E-state index contributed by atoms with van der Waals surface area (Å²) in [5, 5.41) is 0.395. The number of rotatable bonds is 9. The second-order valence-corrected chi connectivity index (χ2v) is 10.5. The number of carbonyl (C=O) groups is 2. The summed E-state index contributed by atoms with van der Waals surface area (Å²) < 4.78 is 64.3. The van der Waals surface area contributed by atoms with Crippen LogP contribution in [0.4, 0.5) is 14.5 Å². The Morgan fingerprint density at radius 3 is 2.34 bits per heavy atom. The minimum Gasteiger partial charge on any atom is -0.465 e. The van der Waals surface area contributed by atoms with E-state index in [0.29, 0.717) is 22.1 Å². The summed E-state index contributed by atoms with van der Waals surface area (Å²) in [7, 11) is -2.70. The predicted octanol–water partition coefficient (Wildman–Crippen LogP) is 6.02. The fraction of sp³-hybridized carbons (Fsp3) is 0.214. The van der Waals surface area contributed by atoms with Gasteiger partial charge < -0.3 is 9.15 Å². The van der Waals surface area contributed by atoms with Gasteiger partial charge in [0.1, 0.15) is 23.8 Å². The summed E-state index contributed by atoms with van der Waals surface area (Å²) in [4.78, 5) is 25.3. The summed E-state index contributed by atoms with van der Waals surface area (Å²) >= 11 is 0. The Hall–Kier alpha value is -4.05. The van der Waals surface area contributed by atoms with Gasteiger partial charge in [-0.3, -0.25) is 9.10 Å². The lowest BCUT2D eigenvalue weighted by Crippen LogP contribution is -2.32. The van der Waals surface area contributed by atoms with Crippen LogP contribution in [0.5, 0.6) is 0 Å². The number of hydrogen-bond acceptors (Lipinski definition) is 6. The van der Waals surface area contributed by atoms with E-state index in [9.17, 15) is 26.8 Å². The second-order valence-electron chi connectivity index (χ2n) is 8.55. The zero-order valence-corrected chi connectivity index (χ0v) is 21.8. The fourth-order valence-corrected chi connectivity index (χ4v) is 5.21. The third kappa shape index (κ3) is 5.17. The number of fused-ring (bicyclic) bond motifs is 1. The maximum atomic E-state index is 13.6. The Balaban J connectivity index is 2.10. The first-order valence-corrected chi connectivity index (χ1v) is 13.6. The number of ketones is 1. The highest BCUT2D eigenvalue weighted by Crippen LogP contribution is 2.42. The summed E-state index contributed by atoms with van der Waals surface area (Å²) in [5.41, 5.74) is 2.00. The van der Waals surface area contributed by atoms with Gasteiger partial charge in [0.25, 0.3) is 0 Å². The molecule has 1 heterocycles. The first-order chi connectivity index (χ1) is 18.1. The van der Waals surface area contributed by atoms with E-state index in [1.165, 1.54) is 43.5 Å². The normalized spacial score (nSPS) is 11.5. The first kappa shape index (κ1) is 27.0. The van der Waals surface area contributed by atoms with Crippen molar-refractivity contribution in [3.05, 3.63) is 77.6 Å². The molecular weight excluding hydrogens is 516 g/mol. The van der Waals surface area contributed by atoms with Crippen molar-refractivity contribution in [1.29, 1.82) is 0 Å². The van der Waals surface area contributed by atoms with E-state index in [1.54, 1.807) is 31.2 Å². The van der Waals surface area contributed by atoms with Gasteiger partial charge >= 0.3 is 5.97 Å². The lowest BCUT2D eigenvalue weighted by molar-refractivity contribution is 0.0600. The summed E-state index contributed by atoms with van der Waals surface area (Å²) in [6.07, 6.45) is 1.11. The first-order valence-electron chi connectivity index (χ1n) is 11.7. The number of methoxy groups -OCH3 is 1. The molecule has 0 spiro atoms. The largest absolute Gasteiger partial charge is 0.465 e. The van der Waals surface area contributed by atoms with Crippen molar-refractivity contribution < 1.29 is 35.9 Å². The Kier molecular flexibility index (Phi) is 7.63. The van der Waals surface area contributed by atoms with Crippen LogP contribution < -0.4 is 4.31 Å². The number of halogens is 2. The van der Waals surface area contributed by atoms with Crippen LogP contribution in [-0.2, 0) is 14.8 Å². The molecule has 0 radical (unpaired) electrons. The molecule has 10 heteroatoms. The third-order valence-corrected chi connectivity index (χ3v) is 7.24. The smallest absolute Gasteiger partial charge is 0.337 e. The molecule has 0 atom stereocenters. The third-order valence-electron chi connectivity index (χ3n) is 6.06. The molecule has 198 valence electrons. The number of carbonyl (C=O) groups excluding carboxylic acids is 2. The monoisotopic (exact) mass is 541 g/mol. The molecule has 0 N–H and O–H groups in total. The van der Waals surface area contributed by atoms with Crippen molar-refractivity contribution in [2.45, 2.75) is 13.3 Å². The van der Waals surface area contributed by atoms with Crippen LogP contribution in [0.15, 0.2) is 65.1 Å². The number of alkyl halides is 1. The average molecular weight is 542 g/mol. The van der Waals surface area contributed by atoms with Crippen LogP contribution in [0, 0.1) is 5.82 Å². The molecule has 3 aromatic carbocycles. The summed E-state index contributed by atoms with van der Waals surface area (Å²) in [5.74, 6) is -1.09. The van der Waals surface area contributed by atoms with Gasteiger partial charge in [-0.1, -0.05) is 19.1 Å². The number of anilines is 1. The van der Waals surface area contributed by atoms with E-state index in [4.69, 9.17) is 9.15 Å². The van der Waals surface area contributed by atoms with E-state index < -0.39 is 35.0 Å². The molecule has 0 aliphatic rings. The molecule has 7 nitrogen and oxygen atoms in total. The van der Waals surface area contributed by atoms with Gasteiger partial charge in [0.05, 0.1) is 36.7 Å². The molecule has 0 fully saturated rings. The molecular formula is C28H25F2NO6S. The number of nitrogens with zero attached hydrogens (tertiary/aromatic N) is 1. The minimum absolute atomic E-state index is 0.106. The van der Waals surface area contributed by atoms with Crippen LogP contribution in [0.25, 0.3) is 33.4 Å². The predicted molar refractivity (Wildman–Crippen MR) is 141 cm³/mol. The molecule has 0 bridgehead atoms. The van der Waals surface area contributed by atoms with E-state index in [-0.39, 0.29) is 40.4 Å². The molecule has 0 aliphatic heterocycles. The lowest BCUT2D eigenvalue weighted by atomic mass is 9.95. The van der Waals surface area contributed by atoms with Crippen molar-refractivity contribution in [3.63, 3.8) is 0 Å². The van der Waals surface area contributed by atoms with Crippen molar-refractivity contribution in [3.8, 4) is 22.5 Å². The molecule has 4 rings (SSSR count). The zero-order chi connectivity index (χ0) is 27.6. The number of esters is 1. The Morgan fingerprint density at radius 2 is 1.74 bits per heavy atom. The van der Waals surface area contributed by atoms with Gasteiger partial charge in [0, 0.05) is 29.0 Å². The van der Waals surface area contributed by atoms with Crippen molar-refractivity contribution >= 4 is 38.4 Å². The zero-order valence-electron chi connectivity index (χ0n) is 21.0. The molecule has 0 amide bonds. The lowest BCUT2D eigenvalue weighted by Gasteiger charge is -2.24. The molecule has 0 saturated carbocycles. The van der Waals surface area contributed by atoms with Gasteiger partial charge in [-0.2, -0.15) is 0 Å². The van der Waals surface area contributed by atoms with Gasteiger partial charge in [-0.15, -0.1) is 0 Å². The Bertz CT molecular complexity index is 1630. The number of benzene rings is 3. The molecule has 38 heavy (non-hydrogen) atoms. The summed E-state index contributed by atoms with van der Waals surface area (Å²) in [6.45, 7) is 0.281. The van der Waals surface area contributed by atoms with E-state index >= 15 is 0 Å². The molecule has 1 aromatic heterocycles. The second kappa shape index (κ2) is 10.7. The molecule has 0 saturated heterocycles. The Morgan fingerprint density at radius 1 is 1.03 bits per heavy atom. The van der Waals surface area contributed by atoms with Crippen LogP contribution in [0.1, 0.15) is 34.1 Å². The standard InChI is InChI=1S/C28H25F2NO6S/c1-4-24(32)26-22-15-21(18-6-5-7-19(14-18)28(33)36-2)23(31(13-12-29)38(3,34)35)16-25(22)37-27(26)17-8-10-20(30)11-9-17/h5-11,14-16H,4,12-13H2,1-3H3. The number of sulfonamides is 1. The van der Waals surface area contributed by atoms with Crippen molar-refractivity contribution in [2.75, 3.05) is 30.9 Å². The van der Waals surface area contributed by atoms with Crippen LogP contribution in [0.3, 0.4) is 0 Å². The van der Waals surface area contributed by atoms with Gasteiger partial charge in [-0.05, 0) is 48.0 Å².